The van der Waals surface area contributed by atoms with Gasteiger partial charge in [0.15, 0.2) is 0 Å². The standard InChI is InChI=1S/C17H25N3O2.ClH/c1-2-20(13-14-8-4-3-5-9-14)15(21)12-19-16(22)17(18)10-6-7-11-17;/h3-5,8-9H,2,6-7,10-13,18H2,1H3,(H,19,22);1H. The van der Waals surface area contributed by atoms with E-state index < -0.39 is 5.54 Å². The predicted octanol–water partition coefficient (Wildman–Crippen LogP) is 1.84. The number of nitrogens with zero attached hydrogens (tertiary/aromatic N) is 1. The van der Waals surface area contributed by atoms with Crippen molar-refractivity contribution >= 4 is 24.2 Å². The summed E-state index contributed by atoms with van der Waals surface area (Å²) in [4.78, 5) is 26.1. The molecule has 0 aromatic heterocycles. The molecule has 2 rings (SSSR count). The Bertz CT molecular complexity index is 516. The van der Waals surface area contributed by atoms with E-state index in [0.717, 1.165) is 18.4 Å². The molecular formula is C17H26ClN3O2. The lowest BCUT2D eigenvalue weighted by Gasteiger charge is -2.24. The Morgan fingerprint density at radius 3 is 2.39 bits per heavy atom. The summed E-state index contributed by atoms with van der Waals surface area (Å²) in [6.07, 6.45) is 3.36. The van der Waals surface area contributed by atoms with Gasteiger partial charge in [-0.1, -0.05) is 43.2 Å². The number of benzene rings is 1. The molecule has 23 heavy (non-hydrogen) atoms. The molecule has 0 heterocycles. The first-order valence-corrected chi connectivity index (χ1v) is 7.94. The molecule has 0 atom stereocenters. The lowest BCUT2D eigenvalue weighted by atomic mass is 9.98. The summed E-state index contributed by atoms with van der Waals surface area (Å²) in [5.41, 5.74) is 6.38. The van der Waals surface area contributed by atoms with Crippen LogP contribution in [0.15, 0.2) is 30.3 Å². The van der Waals surface area contributed by atoms with Gasteiger partial charge in [-0.2, -0.15) is 0 Å². The van der Waals surface area contributed by atoms with E-state index in [1.165, 1.54) is 0 Å². The number of hydrogen-bond donors (Lipinski definition) is 2. The van der Waals surface area contributed by atoms with Gasteiger partial charge in [-0.15, -0.1) is 12.4 Å². The zero-order valence-corrected chi connectivity index (χ0v) is 14.4. The molecule has 1 saturated carbocycles. The lowest BCUT2D eigenvalue weighted by Crippen LogP contribution is -2.53. The molecule has 1 aliphatic rings. The Labute approximate surface area is 144 Å². The van der Waals surface area contributed by atoms with E-state index in [2.05, 4.69) is 5.32 Å². The van der Waals surface area contributed by atoms with E-state index in [9.17, 15) is 9.59 Å². The average molecular weight is 340 g/mol. The number of hydrogen-bond acceptors (Lipinski definition) is 3. The Hall–Kier alpha value is -1.59. The third-order valence-corrected chi connectivity index (χ3v) is 4.30. The second-order valence-electron chi connectivity index (χ2n) is 5.94. The predicted molar refractivity (Wildman–Crippen MR) is 93.2 cm³/mol. The van der Waals surface area contributed by atoms with Gasteiger partial charge in [0, 0.05) is 13.1 Å². The van der Waals surface area contributed by atoms with Gasteiger partial charge in [-0.25, -0.2) is 0 Å². The number of amides is 2. The summed E-state index contributed by atoms with van der Waals surface area (Å²) in [5.74, 6) is -0.282. The highest BCUT2D eigenvalue weighted by atomic mass is 35.5. The minimum atomic E-state index is -0.781. The van der Waals surface area contributed by atoms with Gasteiger partial charge in [0.2, 0.25) is 11.8 Å². The molecule has 0 saturated heterocycles. The fourth-order valence-electron chi connectivity index (χ4n) is 2.86. The highest BCUT2D eigenvalue weighted by molar-refractivity contribution is 5.90. The summed E-state index contributed by atoms with van der Waals surface area (Å²) in [7, 11) is 0. The van der Waals surface area contributed by atoms with Crippen molar-refractivity contribution < 1.29 is 9.59 Å². The molecule has 1 aromatic carbocycles. The van der Waals surface area contributed by atoms with Gasteiger partial charge in [0.1, 0.15) is 0 Å². The number of rotatable bonds is 6. The third kappa shape index (κ3) is 5.22. The Balaban J connectivity index is 0.00000264. The normalized spacial score (nSPS) is 15.6. The van der Waals surface area contributed by atoms with Gasteiger partial charge in [-0.05, 0) is 25.3 Å². The molecular weight excluding hydrogens is 314 g/mol. The highest BCUT2D eigenvalue weighted by Crippen LogP contribution is 2.27. The number of carbonyl (C=O) groups excluding carboxylic acids is 2. The van der Waals surface area contributed by atoms with Crippen LogP contribution in [0.2, 0.25) is 0 Å². The van der Waals surface area contributed by atoms with Gasteiger partial charge >= 0.3 is 0 Å². The maximum atomic E-state index is 12.3. The van der Waals surface area contributed by atoms with Crippen molar-refractivity contribution in [3.05, 3.63) is 35.9 Å². The smallest absolute Gasteiger partial charge is 0.242 e. The number of likely N-dealkylation sites (N-methyl/N-ethyl adjacent to an activating group) is 1. The molecule has 0 spiro atoms. The number of nitrogens with two attached hydrogens (primary N) is 1. The Kier molecular flexibility index (Phi) is 7.52. The van der Waals surface area contributed by atoms with Crippen molar-refractivity contribution in [1.82, 2.24) is 10.2 Å². The zero-order valence-electron chi connectivity index (χ0n) is 13.6. The van der Waals surface area contributed by atoms with Crippen LogP contribution >= 0.6 is 12.4 Å². The molecule has 128 valence electrons. The summed E-state index contributed by atoms with van der Waals surface area (Å²) in [5, 5.41) is 2.71. The summed E-state index contributed by atoms with van der Waals surface area (Å²) < 4.78 is 0. The average Bonchev–Trinajstić information content (AvgIpc) is 2.99. The van der Waals surface area contributed by atoms with Gasteiger partial charge in [-0.3, -0.25) is 9.59 Å². The van der Waals surface area contributed by atoms with E-state index >= 15 is 0 Å². The van der Waals surface area contributed by atoms with Gasteiger partial charge in [0.25, 0.3) is 0 Å². The highest BCUT2D eigenvalue weighted by Gasteiger charge is 2.37. The number of carbonyl (C=O) groups is 2. The van der Waals surface area contributed by atoms with Crippen LogP contribution in [0.4, 0.5) is 0 Å². The van der Waals surface area contributed by atoms with Crippen LogP contribution in [0.5, 0.6) is 0 Å². The van der Waals surface area contributed by atoms with E-state index in [0.29, 0.717) is 25.9 Å². The SMILES string of the molecule is CCN(Cc1ccccc1)C(=O)CNC(=O)C1(N)CCCC1.Cl. The molecule has 0 bridgehead atoms. The van der Waals surface area contributed by atoms with Crippen LogP contribution in [-0.4, -0.2) is 35.3 Å². The van der Waals surface area contributed by atoms with Crippen LogP contribution in [-0.2, 0) is 16.1 Å². The fraction of sp³-hybridized carbons (Fsp3) is 0.529. The minimum Gasteiger partial charge on any atom is -0.345 e. The molecule has 6 heteroatoms. The fourth-order valence-corrected chi connectivity index (χ4v) is 2.86. The van der Waals surface area contributed by atoms with E-state index in [1.807, 2.05) is 37.3 Å². The van der Waals surface area contributed by atoms with E-state index in [-0.39, 0.29) is 30.8 Å². The molecule has 5 nitrogen and oxygen atoms in total. The third-order valence-electron chi connectivity index (χ3n) is 4.30. The first-order valence-electron chi connectivity index (χ1n) is 7.94. The molecule has 1 fully saturated rings. The van der Waals surface area contributed by atoms with E-state index in [4.69, 9.17) is 5.73 Å². The number of halogens is 1. The van der Waals surface area contributed by atoms with Crippen molar-refractivity contribution in [3.63, 3.8) is 0 Å². The largest absolute Gasteiger partial charge is 0.345 e. The molecule has 0 aliphatic heterocycles. The van der Waals surface area contributed by atoms with Crippen molar-refractivity contribution in [2.75, 3.05) is 13.1 Å². The monoisotopic (exact) mass is 339 g/mol. The number of nitrogens with one attached hydrogen (secondary N) is 1. The molecule has 1 aromatic rings. The topological polar surface area (TPSA) is 75.4 Å². The van der Waals surface area contributed by atoms with Crippen LogP contribution < -0.4 is 11.1 Å². The first-order chi connectivity index (χ1) is 10.5. The van der Waals surface area contributed by atoms with E-state index in [1.54, 1.807) is 4.90 Å². The maximum absolute atomic E-state index is 12.3. The second-order valence-corrected chi connectivity index (χ2v) is 5.94. The van der Waals surface area contributed by atoms with Crippen molar-refractivity contribution in [3.8, 4) is 0 Å². The Morgan fingerprint density at radius 2 is 1.83 bits per heavy atom. The molecule has 3 N–H and O–H groups in total. The van der Waals surface area contributed by atoms with Crippen molar-refractivity contribution in [2.24, 2.45) is 5.73 Å². The zero-order chi connectivity index (χ0) is 16.0. The second kappa shape index (κ2) is 8.89. The summed E-state index contributed by atoms with van der Waals surface area (Å²) in [6.45, 7) is 3.11. The van der Waals surface area contributed by atoms with Gasteiger partial charge < -0.3 is 16.0 Å². The first kappa shape index (κ1) is 19.5. The molecule has 0 radical (unpaired) electrons. The van der Waals surface area contributed by atoms with Crippen molar-refractivity contribution in [1.29, 1.82) is 0 Å². The van der Waals surface area contributed by atoms with Crippen LogP contribution in [0.1, 0.15) is 38.2 Å². The van der Waals surface area contributed by atoms with Crippen molar-refractivity contribution in [2.45, 2.75) is 44.7 Å². The van der Waals surface area contributed by atoms with Gasteiger partial charge in [0.05, 0.1) is 12.1 Å². The lowest BCUT2D eigenvalue weighted by molar-refractivity contribution is -0.134. The summed E-state index contributed by atoms with van der Waals surface area (Å²) >= 11 is 0. The summed E-state index contributed by atoms with van der Waals surface area (Å²) in [6, 6.07) is 9.83. The van der Waals surface area contributed by atoms with Crippen LogP contribution in [0, 0.1) is 0 Å². The maximum Gasteiger partial charge on any atom is 0.242 e. The molecule has 1 aliphatic carbocycles. The Morgan fingerprint density at radius 1 is 1.22 bits per heavy atom. The quantitative estimate of drug-likeness (QED) is 0.830. The molecule has 0 unspecified atom stereocenters. The minimum absolute atomic E-state index is 0. The van der Waals surface area contributed by atoms with Crippen LogP contribution in [0.25, 0.3) is 0 Å². The molecule has 2 amide bonds. The van der Waals surface area contributed by atoms with Crippen LogP contribution in [0.3, 0.4) is 0 Å².